The van der Waals surface area contributed by atoms with Crippen molar-refractivity contribution in [3.05, 3.63) is 28.8 Å². The first kappa shape index (κ1) is 13.9. The summed E-state index contributed by atoms with van der Waals surface area (Å²) in [6.45, 7) is 5.12. The van der Waals surface area contributed by atoms with Crippen LogP contribution in [0.2, 0.25) is 5.02 Å². The van der Waals surface area contributed by atoms with Crippen LogP contribution in [-0.4, -0.2) is 6.61 Å². The Balaban J connectivity index is 2.54. The van der Waals surface area contributed by atoms with Crippen molar-refractivity contribution in [1.29, 1.82) is 0 Å². The standard InChI is InChI=1S/C13H18BrClO/c1-3-4-10(2)9-16-13-6-5-11(8-14)7-12(13)15/h5-7,10H,3-4,8-9H2,1-2H3. The second kappa shape index (κ2) is 7.18. The molecule has 0 amide bonds. The van der Waals surface area contributed by atoms with E-state index in [1.807, 2.05) is 18.2 Å². The predicted octanol–water partition coefficient (Wildman–Crippen LogP) is 5.05. The summed E-state index contributed by atoms with van der Waals surface area (Å²) in [6, 6.07) is 5.91. The van der Waals surface area contributed by atoms with Crippen LogP contribution in [0.15, 0.2) is 18.2 Å². The molecule has 0 aromatic heterocycles. The first-order valence-electron chi connectivity index (χ1n) is 5.64. The maximum absolute atomic E-state index is 6.12. The van der Waals surface area contributed by atoms with Gasteiger partial charge in [0, 0.05) is 5.33 Å². The van der Waals surface area contributed by atoms with E-state index in [0.29, 0.717) is 10.9 Å². The minimum Gasteiger partial charge on any atom is -0.492 e. The van der Waals surface area contributed by atoms with E-state index in [9.17, 15) is 0 Å². The number of halogens is 2. The molecule has 0 aliphatic heterocycles. The summed E-state index contributed by atoms with van der Waals surface area (Å²) in [5.74, 6) is 1.37. The van der Waals surface area contributed by atoms with Crippen molar-refractivity contribution in [3.8, 4) is 5.75 Å². The lowest BCUT2D eigenvalue weighted by molar-refractivity contribution is 0.251. The molecule has 1 rings (SSSR count). The van der Waals surface area contributed by atoms with Crippen molar-refractivity contribution in [2.24, 2.45) is 5.92 Å². The van der Waals surface area contributed by atoms with Crippen LogP contribution < -0.4 is 4.74 Å². The van der Waals surface area contributed by atoms with Gasteiger partial charge in [-0.25, -0.2) is 0 Å². The van der Waals surface area contributed by atoms with Gasteiger partial charge in [-0.15, -0.1) is 0 Å². The Morgan fingerprint density at radius 1 is 1.44 bits per heavy atom. The molecule has 0 saturated carbocycles. The number of hydrogen-bond donors (Lipinski definition) is 0. The lowest BCUT2D eigenvalue weighted by atomic mass is 10.1. The quantitative estimate of drug-likeness (QED) is 0.668. The zero-order chi connectivity index (χ0) is 12.0. The fourth-order valence-corrected chi connectivity index (χ4v) is 2.16. The Kier molecular flexibility index (Phi) is 6.22. The molecule has 0 radical (unpaired) electrons. The van der Waals surface area contributed by atoms with E-state index in [4.69, 9.17) is 16.3 Å². The first-order valence-corrected chi connectivity index (χ1v) is 7.14. The van der Waals surface area contributed by atoms with Crippen molar-refractivity contribution < 1.29 is 4.74 Å². The Bertz CT molecular complexity index is 328. The monoisotopic (exact) mass is 304 g/mol. The molecule has 1 atom stereocenters. The highest BCUT2D eigenvalue weighted by molar-refractivity contribution is 9.08. The second-order valence-electron chi connectivity index (χ2n) is 4.10. The molecule has 1 nitrogen and oxygen atoms in total. The van der Waals surface area contributed by atoms with Gasteiger partial charge in [-0.3, -0.25) is 0 Å². The molecule has 0 aliphatic carbocycles. The molecule has 1 unspecified atom stereocenters. The highest BCUT2D eigenvalue weighted by Gasteiger charge is 2.05. The summed E-state index contributed by atoms with van der Waals surface area (Å²) in [5.41, 5.74) is 1.17. The molecule has 1 aromatic carbocycles. The smallest absolute Gasteiger partial charge is 0.137 e. The van der Waals surface area contributed by atoms with Crippen LogP contribution in [0, 0.1) is 5.92 Å². The van der Waals surface area contributed by atoms with E-state index >= 15 is 0 Å². The molecule has 0 saturated heterocycles. The molecule has 0 bridgehead atoms. The van der Waals surface area contributed by atoms with Crippen molar-refractivity contribution in [2.45, 2.75) is 32.0 Å². The third-order valence-electron chi connectivity index (χ3n) is 2.46. The molecule has 0 spiro atoms. The molecule has 0 aliphatic rings. The molecule has 0 N–H and O–H groups in total. The summed E-state index contributed by atoms with van der Waals surface area (Å²) < 4.78 is 5.70. The van der Waals surface area contributed by atoms with E-state index in [1.165, 1.54) is 18.4 Å². The van der Waals surface area contributed by atoms with Crippen LogP contribution in [-0.2, 0) is 5.33 Å². The van der Waals surface area contributed by atoms with E-state index in [1.54, 1.807) is 0 Å². The molecule has 0 fully saturated rings. The van der Waals surface area contributed by atoms with Crippen LogP contribution in [0.5, 0.6) is 5.75 Å². The maximum Gasteiger partial charge on any atom is 0.137 e. The van der Waals surface area contributed by atoms with Gasteiger partial charge >= 0.3 is 0 Å². The highest BCUT2D eigenvalue weighted by atomic mass is 79.9. The predicted molar refractivity (Wildman–Crippen MR) is 73.7 cm³/mol. The number of hydrogen-bond acceptors (Lipinski definition) is 1. The molecule has 16 heavy (non-hydrogen) atoms. The second-order valence-corrected chi connectivity index (χ2v) is 5.07. The van der Waals surface area contributed by atoms with Gasteiger partial charge in [0.25, 0.3) is 0 Å². The number of alkyl halides is 1. The average Bonchev–Trinajstić information content (AvgIpc) is 2.27. The van der Waals surface area contributed by atoms with Crippen LogP contribution in [0.4, 0.5) is 0 Å². The Hall–Kier alpha value is -0.210. The Morgan fingerprint density at radius 3 is 2.75 bits per heavy atom. The average molecular weight is 306 g/mol. The zero-order valence-corrected chi connectivity index (χ0v) is 12.1. The summed E-state index contributed by atoms with van der Waals surface area (Å²) in [5, 5.41) is 1.51. The van der Waals surface area contributed by atoms with Gasteiger partial charge in [0.2, 0.25) is 0 Å². The Morgan fingerprint density at radius 2 is 2.19 bits per heavy atom. The molecule has 1 aromatic rings. The lowest BCUT2D eigenvalue weighted by Gasteiger charge is -2.13. The van der Waals surface area contributed by atoms with Gasteiger partial charge in [0.1, 0.15) is 5.75 Å². The number of ether oxygens (including phenoxy) is 1. The molecular weight excluding hydrogens is 287 g/mol. The fourth-order valence-electron chi connectivity index (χ4n) is 1.55. The highest BCUT2D eigenvalue weighted by Crippen LogP contribution is 2.27. The number of rotatable bonds is 6. The third kappa shape index (κ3) is 4.34. The minimum absolute atomic E-state index is 0.580. The van der Waals surface area contributed by atoms with Gasteiger partial charge in [-0.05, 0) is 30.0 Å². The number of benzene rings is 1. The van der Waals surface area contributed by atoms with Crippen LogP contribution in [0.3, 0.4) is 0 Å². The van der Waals surface area contributed by atoms with Gasteiger partial charge in [0.15, 0.2) is 0 Å². The van der Waals surface area contributed by atoms with E-state index in [-0.39, 0.29) is 0 Å². The van der Waals surface area contributed by atoms with Gasteiger partial charge < -0.3 is 4.74 Å². The van der Waals surface area contributed by atoms with Crippen molar-refractivity contribution >= 4 is 27.5 Å². The molecule has 3 heteroatoms. The first-order chi connectivity index (χ1) is 7.67. The lowest BCUT2D eigenvalue weighted by Crippen LogP contribution is -2.08. The van der Waals surface area contributed by atoms with Crippen LogP contribution in [0.25, 0.3) is 0 Å². The summed E-state index contributed by atoms with van der Waals surface area (Å²) >= 11 is 9.52. The summed E-state index contributed by atoms with van der Waals surface area (Å²) in [6.07, 6.45) is 2.39. The third-order valence-corrected chi connectivity index (χ3v) is 3.40. The molecule has 90 valence electrons. The van der Waals surface area contributed by atoms with Gasteiger partial charge in [-0.1, -0.05) is 53.9 Å². The largest absolute Gasteiger partial charge is 0.492 e. The van der Waals surface area contributed by atoms with E-state index < -0.39 is 0 Å². The minimum atomic E-state index is 0.580. The van der Waals surface area contributed by atoms with Crippen molar-refractivity contribution in [1.82, 2.24) is 0 Å². The summed E-state index contributed by atoms with van der Waals surface area (Å²) in [7, 11) is 0. The van der Waals surface area contributed by atoms with Crippen molar-refractivity contribution in [3.63, 3.8) is 0 Å². The molecular formula is C13H18BrClO. The molecule has 0 heterocycles. The topological polar surface area (TPSA) is 9.23 Å². The van der Waals surface area contributed by atoms with Crippen LogP contribution >= 0.6 is 27.5 Å². The normalized spacial score (nSPS) is 12.5. The van der Waals surface area contributed by atoms with Gasteiger partial charge in [0.05, 0.1) is 11.6 Å². The van der Waals surface area contributed by atoms with E-state index in [0.717, 1.165) is 17.7 Å². The van der Waals surface area contributed by atoms with Crippen LogP contribution in [0.1, 0.15) is 32.3 Å². The SMILES string of the molecule is CCCC(C)COc1ccc(CBr)cc1Cl. The fraction of sp³-hybridized carbons (Fsp3) is 0.538. The van der Waals surface area contributed by atoms with Crippen molar-refractivity contribution in [2.75, 3.05) is 6.61 Å². The van der Waals surface area contributed by atoms with E-state index in [2.05, 4.69) is 29.8 Å². The Labute approximate surface area is 111 Å². The summed E-state index contributed by atoms with van der Waals surface area (Å²) in [4.78, 5) is 0. The zero-order valence-electron chi connectivity index (χ0n) is 9.80. The maximum atomic E-state index is 6.12. The van der Waals surface area contributed by atoms with Gasteiger partial charge in [-0.2, -0.15) is 0 Å².